The first-order valence-corrected chi connectivity index (χ1v) is 6.77. The minimum Gasteiger partial charge on any atom is -0.481 e. The number of aromatic nitrogens is 2. The predicted octanol–water partition coefficient (Wildman–Crippen LogP) is 1.30. The highest BCUT2D eigenvalue weighted by Crippen LogP contribution is 2.21. The average Bonchev–Trinajstić information content (AvgIpc) is 3.09. The fourth-order valence-electron chi connectivity index (χ4n) is 2.29. The summed E-state index contributed by atoms with van der Waals surface area (Å²) in [6, 6.07) is 6.81. The van der Waals surface area contributed by atoms with E-state index in [2.05, 4.69) is 10.1 Å². The van der Waals surface area contributed by atoms with Gasteiger partial charge in [0.2, 0.25) is 0 Å². The van der Waals surface area contributed by atoms with Gasteiger partial charge in [-0.05, 0) is 17.7 Å². The summed E-state index contributed by atoms with van der Waals surface area (Å²) in [5.74, 6) is -0.980. The lowest BCUT2D eigenvalue weighted by Crippen LogP contribution is -2.19. The molecule has 1 aliphatic rings. The monoisotopic (exact) mass is 298 g/mol. The zero-order chi connectivity index (χ0) is 15.5. The predicted molar refractivity (Wildman–Crippen MR) is 79.5 cm³/mol. The third kappa shape index (κ3) is 3.03. The molecule has 0 fully saturated rings. The molecule has 3 rings (SSSR count). The second-order valence-corrected chi connectivity index (χ2v) is 5.02. The number of imidazole rings is 1. The first kappa shape index (κ1) is 14.0. The summed E-state index contributed by atoms with van der Waals surface area (Å²) in [7, 11) is 0. The van der Waals surface area contributed by atoms with E-state index in [1.54, 1.807) is 36.8 Å². The van der Waals surface area contributed by atoms with E-state index in [9.17, 15) is 9.59 Å². The van der Waals surface area contributed by atoms with Gasteiger partial charge in [-0.1, -0.05) is 12.1 Å². The summed E-state index contributed by atoms with van der Waals surface area (Å²) in [4.78, 5) is 26.7. The minimum atomic E-state index is -0.884. The van der Waals surface area contributed by atoms with E-state index in [0.717, 1.165) is 5.71 Å². The van der Waals surface area contributed by atoms with Crippen LogP contribution in [0.25, 0.3) is 0 Å². The second kappa shape index (κ2) is 5.80. The zero-order valence-corrected chi connectivity index (χ0v) is 11.7. The van der Waals surface area contributed by atoms with Crippen molar-refractivity contribution in [2.75, 3.05) is 5.01 Å². The number of hydrogen-bond donors (Lipinski definition) is 1. The number of aliphatic carboxylic acids is 1. The zero-order valence-electron chi connectivity index (χ0n) is 11.7. The Morgan fingerprint density at radius 3 is 2.68 bits per heavy atom. The Morgan fingerprint density at radius 2 is 2.05 bits per heavy atom. The quantitative estimate of drug-likeness (QED) is 0.901. The normalized spacial score (nSPS) is 14.3. The van der Waals surface area contributed by atoms with Gasteiger partial charge in [0.25, 0.3) is 5.91 Å². The van der Waals surface area contributed by atoms with Crippen LogP contribution >= 0.6 is 0 Å². The molecule has 1 amide bonds. The van der Waals surface area contributed by atoms with Crippen LogP contribution in [0, 0.1) is 0 Å². The number of carbonyl (C=O) groups excluding carboxylic acids is 1. The molecule has 0 unspecified atom stereocenters. The molecule has 22 heavy (non-hydrogen) atoms. The van der Waals surface area contributed by atoms with Crippen LogP contribution in [0.5, 0.6) is 0 Å². The molecule has 2 aromatic rings. The highest BCUT2D eigenvalue weighted by atomic mass is 16.4. The number of carboxylic acids is 1. The van der Waals surface area contributed by atoms with Crippen LogP contribution in [0.1, 0.15) is 12.0 Å². The van der Waals surface area contributed by atoms with Gasteiger partial charge in [-0.15, -0.1) is 0 Å². The first-order valence-electron chi connectivity index (χ1n) is 6.77. The van der Waals surface area contributed by atoms with Crippen molar-refractivity contribution in [1.29, 1.82) is 0 Å². The molecule has 7 nitrogen and oxygen atoms in total. The van der Waals surface area contributed by atoms with Crippen molar-refractivity contribution in [1.82, 2.24) is 9.55 Å². The van der Waals surface area contributed by atoms with Crippen LogP contribution in [-0.2, 0) is 22.6 Å². The summed E-state index contributed by atoms with van der Waals surface area (Å²) < 4.78 is 1.85. The molecule has 0 spiro atoms. The first-order chi connectivity index (χ1) is 10.6. The van der Waals surface area contributed by atoms with Gasteiger partial charge in [0.05, 0.1) is 37.1 Å². The molecule has 7 heteroatoms. The number of anilines is 1. The van der Waals surface area contributed by atoms with Crippen molar-refractivity contribution in [3.63, 3.8) is 0 Å². The molecule has 0 saturated heterocycles. The van der Waals surface area contributed by atoms with Gasteiger partial charge in [0.15, 0.2) is 0 Å². The minimum absolute atomic E-state index is 0.0383. The smallest absolute Gasteiger partial charge is 0.307 e. The van der Waals surface area contributed by atoms with Gasteiger partial charge in [0.1, 0.15) is 0 Å². The van der Waals surface area contributed by atoms with Gasteiger partial charge in [-0.2, -0.15) is 5.10 Å². The number of amides is 1. The van der Waals surface area contributed by atoms with E-state index < -0.39 is 5.97 Å². The van der Waals surface area contributed by atoms with Crippen molar-refractivity contribution in [2.24, 2.45) is 5.10 Å². The molecule has 1 aliphatic heterocycles. The molecule has 1 aromatic carbocycles. The maximum atomic E-state index is 12.1. The molecule has 0 saturated carbocycles. The Kier molecular flexibility index (Phi) is 3.69. The van der Waals surface area contributed by atoms with Crippen LogP contribution in [0.3, 0.4) is 0 Å². The lowest BCUT2D eigenvalue weighted by Gasteiger charge is -2.11. The van der Waals surface area contributed by atoms with Crippen LogP contribution in [0.4, 0.5) is 5.69 Å². The van der Waals surface area contributed by atoms with Gasteiger partial charge < -0.3 is 9.67 Å². The molecule has 0 radical (unpaired) electrons. The summed E-state index contributed by atoms with van der Waals surface area (Å²) in [5, 5.41) is 14.5. The molecular weight excluding hydrogens is 284 g/mol. The van der Waals surface area contributed by atoms with Crippen molar-refractivity contribution in [3.05, 3.63) is 48.5 Å². The molecular formula is C15H14N4O3. The third-order valence-electron chi connectivity index (χ3n) is 3.29. The number of carboxylic acid groups (broad SMARTS) is 1. The summed E-state index contributed by atoms with van der Waals surface area (Å²) in [5.41, 5.74) is 2.09. The number of hydrogen-bond acceptors (Lipinski definition) is 4. The molecule has 0 aliphatic carbocycles. The van der Waals surface area contributed by atoms with E-state index in [0.29, 0.717) is 17.8 Å². The standard InChI is InChI=1S/C15H14N4O3/c20-14-8-12(9-18-6-5-16-10-18)17-19(14)13-3-1-11(2-4-13)7-15(21)22/h1-6,10H,7-9H2,(H,21,22). The van der Waals surface area contributed by atoms with Gasteiger partial charge in [-0.25, -0.2) is 9.99 Å². The Hall–Kier alpha value is -2.96. The SMILES string of the molecule is O=C(O)Cc1ccc(N2N=C(Cn3ccnc3)CC2=O)cc1. The highest BCUT2D eigenvalue weighted by molar-refractivity contribution is 6.12. The third-order valence-corrected chi connectivity index (χ3v) is 3.29. The fourth-order valence-corrected chi connectivity index (χ4v) is 2.29. The van der Waals surface area contributed by atoms with Crippen LogP contribution in [0.2, 0.25) is 0 Å². The van der Waals surface area contributed by atoms with Crippen LogP contribution < -0.4 is 5.01 Å². The van der Waals surface area contributed by atoms with Gasteiger partial charge in [0, 0.05) is 12.4 Å². The lowest BCUT2D eigenvalue weighted by atomic mass is 10.1. The number of benzene rings is 1. The average molecular weight is 298 g/mol. The fraction of sp³-hybridized carbons (Fsp3) is 0.200. The van der Waals surface area contributed by atoms with E-state index in [1.807, 2.05) is 10.8 Å². The maximum absolute atomic E-state index is 12.1. The Labute approximate surface area is 126 Å². The summed E-state index contributed by atoms with van der Waals surface area (Å²) >= 11 is 0. The Bertz CT molecular complexity index is 720. The molecule has 0 atom stereocenters. The maximum Gasteiger partial charge on any atom is 0.307 e. The molecule has 112 valence electrons. The van der Waals surface area contributed by atoms with Crippen molar-refractivity contribution < 1.29 is 14.7 Å². The van der Waals surface area contributed by atoms with Gasteiger partial charge >= 0.3 is 5.97 Å². The van der Waals surface area contributed by atoms with Gasteiger partial charge in [-0.3, -0.25) is 9.59 Å². The lowest BCUT2D eigenvalue weighted by molar-refractivity contribution is -0.136. The highest BCUT2D eigenvalue weighted by Gasteiger charge is 2.25. The molecule has 0 bridgehead atoms. The number of nitrogens with zero attached hydrogens (tertiary/aromatic N) is 4. The van der Waals surface area contributed by atoms with Crippen molar-refractivity contribution in [3.8, 4) is 0 Å². The Morgan fingerprint density at radius 1 is 1.27 bits per heavy atom. The van der Waals surface area contributed by atoms with E-state index in [-0.39, 0.29) is 18.7 Å². The van der Waals surface area contributed by atoms with E-state index in [4.69, 9.17) is 5.11 Å². The molecule has 1 N–H and O–H groups in total. The number of hydrazone groups is 1. The van der Waals surface area contributed by atoms with Crippen molar-refractivity contribution in [2.45, 2.75) is 19.4 Å². The van der Waals surface area contributed by atoms with E-state index in [1.165, 1.54) is 5.01 Å². The van der Waals surface area contributed by atoms with E-state index >= 15 is 0 Å². The summed E-state index contributed by atoms with van der Waals surface area (Å²) in [6.45, 7) is 0.527. The number of rotatable bonds is 5. The van der Waals surface area contributed by atoms with Crippen LogP contribution in [0.15, 0.2) is 48.1 Å². The Balaban J connectivity index is 1.74. The van der Waals surface area contributed by atoms with Crippen molar-refractivity contribution >= 4 is 23.3 Å². The number of carbonyl (C=O) groups is 2. The largest absolute Gasteiger partial charge is 0.481 e. The molecule has 2 heterocycles. The second-order valence-electron chi connectivity index (χ2n) is 5.02. The molecule has 1 aromatic heterocycles. The van der Waals surface area contributed by atoms with Crippen LogP contribution in [-0.4, -0.2) is 32.2 Å². The summed E-state index contributed by atoms with van der Waals surface area (Å²) in [6.07, 6.45) is 5.40. The topological polar surface area (TPSA) is 87.8 Å².